The van der Waals surface area contributed by atoms with Crippen LogP contribution in [0.25, 0.3) is 0 Å². The van der Waals surface area contributed by atoms with Crippen molar-refractivity contribution in [2.24, 2.45) is 0 Å². The number of cyclic esters (lactones) is 1. The number of carbonyl (C=O) groups is 1. The summed E-state index contributed by atoms with van der Waals surface area (Å²) in [6.07, 6.45) is 0. The number of nitrogens with zero attached hydrogens (tertiary/aromatic N) is 1. The smallest absolute Gasteiger partial charge is 0.340 e. The van der Waals surface area contributed by atoms with Gasteiger partial charge in [-0.15, -0.1) is 0 Å². The zero-order valence-electron chi connectivity index (χ0n) is 16.3. The molecule has 4 rings (SSSR count). The Labute approximate surface area is 174 Å². The van der Waals surface area contributed by atoms with Gasteiger partial charge in [-0.05, 0) is 30.3 Å². The number of hydrogen-bond donors (Lipinski definition) is 1. The van der Waals surface area contributed by atoms with E-state index in [-0.39, 0.29) is 5.75 Å². The molecule has 0 amide bonds. The Kier molecular flexibility index (Phi) is 4.63. The average molecular weight is 410 g/mol. The summed E-state index contributed by atoms with van der Waals surface area (Å²) in [4.78, 5) is 14.7. The number of aromatic hydroxyl groups is 1. The predicted molar refractivity (Wildman–Crippen MR) is 112 cm³/mol. The van der Waals surface area contributed by atoms with Crippen molar-refractivity contribution in [1.29, 1.82) is 0 Å². The Morgan fingerprint density at radius 1 is 1.03 bits per heavy atom. The number of fused-ring (bicyclic) bond motifs is 1. The first-order valence-electron chi connectivity index (χ1n) is 9.06. The lowest BCUT2D eigenvalue weighted by atomic mass is 9.79. The fourth-order valence-corrected chi connectivity index (χ4v) is 4.15. The minimum atomic E-state index is -1.44. The van der Waals surface area contributed by atoms with E-state index in [4.69, 9.17) is 21.1 Å². The van der Waals surface area contributed by atoms with Crippen molar-refractivity contribution < 1.29 is 19.4 Å². The summed E-state index contributed by atoms with van der Waals surface area (Å²) >= 11 is 6.61. The topological polar surface area (TPSA) is 59.0 Å². The molecule has 1 atom stereocenters. The normalized spacial score (nSPS) is 17.6. The van der Waals surface area contributed by atoms with Gasteiger partial charge in [0.05, 0.1) is 23.3 Å². The van der Waals surface area contributed by atoms with Crippen LogP contribution < -0.4 is 9.64 Å². The zero-order chi connectivity index (χ0) is 20.8. The van der Waals surface area contributed by atoms with Crippen molar-refractivity contribution in [2.75, 3.05) is 26.1 Å². The minimum Gasteiger partial charge on any atom is -0.507 e. The fourth-order valence-electron chi connectivity index (χ4n) is 3.85. The number of anilines is 1. The van der Waals surface area contributed by atoms with Gasteiger partial charge in [-0.3, -0.25) is 0 Å². The highest BCUT2D eigenvalue weighted by Crippen LogP contribution is 2.54. The van der Waals surface area contributed by atoms with Crippen molar-refractivity contribution in [2.45, 2.75) is 5.60 Å². The first-order chi connectivity index (χ1) is 13.9. The van der Waals surface area contributed by atoms with E-state index >= 15 is 0 Å². The van der Waals surface area contributed by atoms with Crippen LogP contribution in [0.1, 0.15) is 27.0 Å². The Balaban J connectivity index is 2.11. The highest BCUT2D eigenvalue weighted by atomic mass is 35.5. The number of phenols is 1. The van der Waals surface area contributed by atoms with Gasteiger partial charge in [0.25, 0.3) is 0 Å². The molecule has 3 aromatic carbocycles. The van der Waals surface area contributed by atoms with E-state index in [2.05, 4.69) is 0 Å². The van der Waals surface area contributed by atoms with E-state index in [0.717, 1.165) is 5.69 Å². The first-order valence-corrected chi connectivity index (χ1v) is 9.44. The van der Waals surface area contributed by atoms with E-state index in [1.165, 1.54) is 7.11 Å². The molecule has 0 spiro atoms. The molecule has 148 valence electrons. The molecule has 0 fully saturated rings. The van der Waals surface area contributed by atoms with Crippen LogP contribution in [0, 0.1) is 0 Å². The highest BCUT2D eigenvalue weighted by molar-refractivity contribution is 6.31. The summed E-state index contributed by atoms with van der Waals surface area (Å²) in [5.74, 6) is -0.0422. The molecule has 0 aliphatic carbocycles. The molecule has 0 bridgehead atoms. The Morgan fingerprint density at radius 3 is 2.48 bits per heavy atom. The monoisotopic (exact) mass is 409 g/mol. The van der Waals surface area contributed by atoms with Gasteiger partial charge in [0, 0.05) is 37.0 Å². The van der Waals surface area contributed by atoms with Gasteiger partial charge in [-0.1, -0.05) is 35.9 Å². The quantitative estimate of drug-likeness (QED) is 0.639. The molecule has 5 nitrogen and oxygen atoms in total. The van der Waals surface area contributed by atoms with Gasteiger partial charge in [-0.25, -0.2) is 4.79 Å². The molecule has 0 aromatic heterocycles. The third kappa shape index (κ3) is 2.81. The van der Waals surface area contributed by atoms with Gasteiger partial charge in [0.1, 0.15) is 11.5 Å². The Morgan fingerprint density at radius 2 is 1.79 bits per heavy atom. The van der Waals surface area contributed by atoms with Crippen LogP contribution in [0.3, 0.4) is 0 Å². The number of phenolic OH excluding ortho intramolecular Hbond substituents is 1. The number of halogens is 1. The zero-order valence-corrected chi connectivity index (χ0v) is 17.0. The van der Waals surface area contributed by atoms with Crippen LogP contribution in [0.2, 0.25) is 5.02 Å². The lowest BCUT2D eigenvalue weighted by Crippen LogP contribution is -2.31. The molecule has 1 unspecified atom stereocenters. The van der Waals surface area contributed by atoms with Crippen molar-refractivity contribution in [3.8, 4) is 11.5 Å². The Bertz CT molecular complexity index is 1110. The summed E-state index contributed by atoms with van der Waals surface area (Å²) in [6.45, 7) is 0. The molecule has 0 saturated heterocycles. The second kappa shape index (κ2) is 7.01. The maximum Gasteiger partial charge on any atom is 0.340 e. The molecule has 0 saturated carbocycles. The summed E-state index contributed by atoms with van der Waals surface area (Å²) < 4.78 is 11.6. The van der Waals surface area contributed by atoms with Crippen molar-refractivity contribution in [1.82, 2.24) is 0 Å². The van der Waals surface area contributed by atoms with Crippen molar-refractivity contribution >= 4 is 23.3 Å². The maximum atomic E-state index is 12.8. The minimum absolute atomic E-state index is 0.0114. The summed E-state index contributed by atoms with van der Waals surface area (Å²) in [7, 11) is 5.29. The summed E-state index contributed by atoms with van der Waals surface area (Å²) in [5, 5.41) is 11.4. The van der Waals surface area contributed by atoms with E-state index in [0.29, 0.717) is 33.0 Å². The maximum absolute atomic E-state index is 12.8. The number of methoxy groups -OCH3 is 1. The van der Waals surface area contributed by atoms with Gasteiger partial charge in [-0.2, -0.15) is 0 Å². The van der Waals surface area contributed by atoms with Crippen LogP contribution in [0.15, 0.2) is 60.7 Å². The highest BCUT2D eigenvalue weighted by Gasteiger charge is 2.52. The van der Waals surface area contributed by atoms with Gasteiger partial charge in [0.2, 0.25) is 0 Å². The molecular weight excluding hydrogens is 390 g/mol. The van der Waals surface area contributed by atoms with Gasteiger partial charge in [0.15, 0.2) is 5.60 Å². The van der Waals surface area contributed by atoms with Gasteiger partial charge < -0.3 is 19.5 Å². The number of benzene rings is 3. The van der Waals surface area contributed by atoms with E-state index in [1.54, 1.807) is 42.5 Å². The molecule has 1 aliphatic heterocycles. The lowest BCUT2D eigenvalue weighted by Gasteiger charge is -2.33. The first kappa shape index (κ1) is 19.2. The second-order valence-corrected chi connectivity index (χ2v) is 7.44. The average Bonchev–Trinajstić information content (AvgIpc) is 3.01. The molecule has 1 aliphatic rings. The third-order valence-electron chi connectivity index (χ3n) is 5.20. The van der Waals surface area contributed by atoms with Crippen LogP contribution in [0.4, 0.5) is 5.69 Å². The fraction of sp³-hybridized carbons (Fsp3) is 0.174. The predicted octanol–water partition coefficient (Wildman–Crippen LogP) is 4.58. The number of rotatable bonds is 4. The Hall–Kier alpha value is -3.18. The second-order valence-electron chi connectivity index (χ2n) is 7.03. The number of hydrogen-bond acceptors (Lipinski definition) is 5. The SMILES string of the molecule is COc1cccc(Cl)c1C1(c2ccc(N(C)C)cc2O)OC(=O)c2ccccc21. The molecule has 0 radical (unpaired) electrons. The third-order valence-corrected chi connectivity index (χ3v) is 5.51. The van der Waals surface area contributed by atoms with Gasteiger partial charge >= 0.3 is 5.97 Å². The number of ether oxygens (including phenoxy) is 2. The molecule has 1 heterocycles. The molecule has 1 N–H and O–H groups in total. The van der Waals surface area contributed by atoms with E-state index < -0.39 is 11.6 Å². The van der Waals surface area contributed by atoms with Crippen molar-refractivity contribution in [3.63, 3.8) is 0 Å². The summed E-state index contributed by atoms with van der Waals surface area (Å²) in [5.41, 5.74) is 1.27. The summed E-state index contributed by atoms with van der Waals surface area (Å²) in [6, 6.07) is 17.6. The molecule has 29 heavy (non-hydrogen) atoms. The van der Waals surface area contributed by atoms with Crippen molar-refractivity contribution in [3.05, 3.63) is 87.9 Å². The lowest BCUT2D eigenvalue weighted by molar-refractivity contribution is 0.0240. The van der Waals surface area contributed by atoms with Crippen LogP contribution in [-0.4, -0.2) is 32.3 Å². The van der Waals surface area contributed by atoms with Crippen LogP contribution in [0.5, 0.6) is 11.5 Å². The largest absolute Gasteiger partial charge is 0.507 e. The molecule has 3 aromatic rings. The standard InChI is InChI=1S/C23H20ClNO4/c1-25(2)14-11-12-17(19(26)13-14)23(21-18(24)9-6-10-20(21)28-3)16-8-5-4-7-15(16)22(27)29-23/h4-13,26H,1-3H3. The number of esters is 1. The molecular formula is C23H20ClNO4. The van der Waals surface area contributed by atoms with E-state index in [9.17, 15) is 9.90 Å². The molecule has 6 heteroatoms. The van der Waals surface area contributed by atoms with Crippen LogP contribution >= 0.6 is 11.6 Å². The van der Waals surface area contributed by atoms with E-state index in [1.807, 2.05) is 37.2 Å². The number of carbonyl (C=O) groups excluding carboxylic acids is 1. The van der Waals surface area contributed by atoms with Crippen LogP contribution in [-0.2, 0) is 10.3 Å².